The molecule has 0 heterocycles. The minimum atomic E-state index is 0.315. The third-order valence-corrected chi connectivity index (χ3v) is 2.93. The maximum atomic E-state index is 5.52. The Labute approximate surface area is 110 Å². The van der Waals surface area contributed by atoms with E-state index in [4.69, 9.17) is 9.47 Å². The number of unbranched alkanes of at least 4 members (excludes halogenated alkanes) is 1. The largest absolute Gasteiger partial charge is 0.497 e. The molecule has 3 heteroatoms. The summed E-state index contributed by atoms with van der Waals surface area (Å²) in [5, 5.41) is 3.45. The molecule has 0 bridgehead atoms. The molecule has 0 saturated carbocycles. The predicted octanol–water partition coefficient (Wildman–Crippen LogP) is 3.16. The van der Waals surface area contributed by atoms with Crippen LogP contribution in [0.5, 0.6) is 5.75 Å². The van der Waals surface area contributed by atoms with Gasteiger partial charge in [0.05, 0.1) is 13.7 Å². The van der Waals surface area contributed by atoms with E-state index in [0.717, 1.165) is 31.9 Å². The fourth-order valence-corrected chi connectivity index (χ4v) is 1.72. The monoisotopic (exact) mass is 251 g/mol. The van der Waals surface area contributed by atoms with E-state index in [1.165, 1.54) is 12.0 Å². The summed E-state index contributed by atoms with van der Waals surface area (Å²) < 4.78 is 10.7. The Kier molecular flexibility index (Phi) is 7.46. The minimum absolute atomic E-state index is 0.315. The van der Waals surface area contributed by atoms with Crippen molar-refractivity contribution in [3.63, 3.8) is 0 Å². The topological polar surface area (TPSA) is 30.5 Å². The molecule has 0 aliphatic carbocycles. The van der Waals surface area contributed by atoms with Gasteiger partial charge >= 0.3 is 0 Å². The van der Waals surface area contributed by atoms with Crippen LogP contribution in [-0.2, 0) is 4.74 Å². The Hall–Kier alpha value is -1.06. The molecule has 18 heavy (non-hydrogen) atoms. The van der Waals surface area contributed by atoms with Crippen molar-refractivity contribution in [1.82, 2.24) is 5.32 Å². The summed E-state index contributed by atoms with van der Waals surface area (Å²) in [6, 6.07) is 8.47. The van der Waals surface area contributed by atoms with Crippen molar-refractivity contribution in [3.8, 4) is 5.75 Å². The zero-order valence-electron chi connectivity index (χ0n) is 11.7. The van der Waals surface area contributed by atoms with Crippen LogP contribution in [0.25, 0.3) is 0 Å². The first-order chi connectivity index (χ1) is 8.77. The van der Waals surface area contributed by atoms with Crippen molar-refractivity contribution < 1.29 is 9.47 Å². The van der Waals surface area contributed by atoms with Crippen LogP contribution in [0.3, 0.4) is 0 Å². The lowest BCUT2D eigenvalue weighted by molar-refractivity contribution is 0.131. The first kappa shape index (κ1) is 15.0. The van der Waals surface area contributed by atoms with Gasteiger partial charge < -0.3 is 14.8 Å². The Balaban J connectivity index is 2.25. The molecule has 1 unspecified atom stereocenters. The van der Waals surface area contributed by atoms with Gasteiger partial charge in [0, 0.05) is 19.2 Å². The Morgan fingerprint density at radius 3 is 2.83 bits per heavy atom. The summed E-state index contributed by atoms with van der Waals surface area (Å²) in [4.78, 5) is 0. The number of benzene rings is 1. The summed E-state index contributed by atoms with van der Waals surface area (Å²) >= 11 is 0. The van der Waals surface area contributed by atoms with Crippen LogP contribution in [-0.4, -0.2) is 26.9 Å². The number of hydrogen-bond acceptors (Lipinski definition) is 3. The molecule has 1 aromatic carbocycles. The van der Waals surface area contributed by atoms with E-state index < -0.39 is 0 Å². The fourth-order valence-electron chi connectivity index (χ4n) is 1.72. The smallest absolute Gasteiger partial charge is 0.119 e. The molecule has 1 atom stereocenters. The van der Waals surface area contributed by atoms with Crippen molar-refractivity contribution in [1.29, 1.82) is 0 Å². The highest BCUT2D eigenvalue weighted by molar-refractivity contribution is 5.30. The normalized spacial score (nSPS) is 12.4. The van der Waals surface area contributed by atoms with Crippen LogP contribution in [0.2, 0.25) is 0 Å². The van der Waals surface area contributed by atoms with E-state index in [-0.39, 0.29) is 0 Å². The van der Waals surface area contributed by atoms with Crippen LogP contribution >= 0.6 is 0 Å². The average Bonchev–Trinajstić information content (AvgIpc) is 2.42. The standard InChI is InChI=1S/C15H25NO2/c1-4-5-10-18-11-9-16-13(2)14-7-6-8-15(12-14)17-3/h6-8,12-13,16H,4-5,9-11H2,1-3H3. The molecule has 0 aliphatic heterocycles. The Morgan fingerprint density at radius 2 is 2.11 bits per heavy atom. The summed E-state index contributed by atoms with van der Waals surface area (Å²) in [7, 11) is 1.69. The number of rotatable bonds is 9. The predicted molar refractivity (Wildman–Crippen MR) is 75.1 cm³/mol. The van der Waals surface area contributed by atoms with Gasteiger partial charge in [-0.05, 0) is 31.0 Å². The molecule has 0 radical (unpaired) electrons. The first-order valence-electron chi connectivity index (χ1n) is 6.73. The van der Waals surface area contributed by atoms with Crippen molar-refractivity contribution in [2.75, 3.05) is 26.9 Å². The molecule has 0 aliphatic rings. The Morgan fingerprint density at radius 1 is 1.28 bits per heavy atom. The lowest BCUT2D eigenvalue weighted by Gasteiger charge is -2.15. The molecule has 0 amide bonds. The molecule has 0 fully saturated rings. The second-order valence-corrected chi connectivity index (χ2v) is 4.42. The number of ether oxygens (including phenoxy) is 2. The molecule has 3 nitrogen and oxygen atoms in total. The van der Waals surface area contributed by atoms with Gasteiger partial charge in [0.1, 0.15) is 5.75 Å². The van der Waals surface area contributed by atoms with Crippen molar-refractivity contribution >= 4 is 0 Å². The van der Waals surface area contributed by atoms with E-state index >= 15 is 0 Å². The molecule has 1 rings (SSSR count). The summed E-state index contributed by atoms with van der Waals surface area (Å²) in [6.07, 6.45) is 2.33. The van der Waals surface area contributed by atoms with Crippen LogP contribution in [0, 0.1) is 0 Å². The molecule has 1 N–H and O–H groups in total. The lowest BCUT2D eigenvalue weighted by atomic mass is 10.1. The van der Waals surface area contributed by atoms with Crippen LogP contribution in [0.1, 0.15) is 38.3 Å². The Bertz CT molecular complexity index is 328. The maximum absolute atomic E-state index is 5.52. The molecular formula is C15H25NO2. The van der Waals surface area contributed by atoms with Gasteiger partial charge in [-0.25, -0.2) is 0 Å². The highest BCUT2D eigenvalue weighted by Gasteiger charge is 2.05. The van der Waals surface area contributed by atoms with E-state index in [1.54, 1.807) is 7.11 Å². The second-order valence-electron chi connectivity index (χ2n) is 4.42. The van der Waals surface area contributed by atoms with Crippen molar-refractivity contribution in [2.24, 2.45) is 0 Å². The van der Waals surface area contributed by atoms with Gasteiger partial charge in [-0.15, -0.1) is 0 Å². The fraction of sp³-hybridized carbons (Fsp3) is 0.600. The average molecular weight is 251 g/mol. The highest BCUT2D eigenvalue weighted by atomic mass is 16.5. The van der Waals surface area contributed by atoms with E-state index in [9.17, 15) is 0 Å². The SMILES string of the molecule is CCCCOCCNC(C)c1cccc(OC)c1. The molecule has 0 spiro atoms. The van der Waals surface area contributed by atoms with E-state index in [2.05, 4.69) is 31.3 Å². The van der Waals surface area contributed by atoms with Gasteiger partial charge in [-0.2, -0.15) is 0 Å². The molecular weight excluding hydrogens is 226 g/mol. The van der Waals surface area contributed by atoms with Gasteiger partial charge in [-0.1, -0.05) is 25.5 Å². The first-order valence-corrected chi connectivity index (χ1v) is 6.73. The van der Waals surface area contributed by atoms with Gasteiger partial charge in [-0.3, -0.25) is 0 Å². The maximum Gasteiger partial charge on any atom is 0.119 e. The number of hydrogen-bond donors (Lipinski definition) is 1. The van der Waals surface area contributed by atoms with E-state index in [1.807, 2.05) is 12.1 Å². The zero-order chi connectivity index (χ0) is 13.2. The quantitative estimate of drug-likeness (QED) is 0.684. The van der Waals surface area contributed by atoms with Crippen molar-refractivity contribution in [2.45, 2.75) is 32.7 Å². The van der Waals surface area contributed by atoms with Gasteiger partial charge in [0.2, 0.25) is 0 Å². The molecule has 0 saturated heterocycles. The molecule has 102 valence electrons. The number of methoxy groups -OCH3 is 1. The minimum Gasteiger partial charge on any atom is -0.497 e. The lowest BCUT2D eigenvalue weighted by Crippen LogP contribution is -2.23. The van der Waals surface area contributed by atoms with E-state index in [0.29, 0.717) is 6.04 Å². The van der Waals surface area contributed by atoms with Gasteiger partial charge in [0.25, 0.3) is 0 Å². The molecule has 1 aromatic rings. The third-order valence-electron chi connectivity index (χ3n) is 2.93. The second kappa shape index (κ2) is 8.95. The summed E-state index contributed by atoms with van der Waals surface area (Å²) in [5.41, 5.74) is 1.24. The van der Waals surface area contributed by atoms with Crippen LogP contribution in [0.4, 0.5) is 0 Å². The number of nitrogens with one attached hydrogen (secondary N) is 1. The van der Waals surface area contributed by atoms with Gasteiger partial charge in [0.15, 0.2) is 0 Å². The van der Waals surface area contributed by atoms with Crippen molar-refractivity contribution in [3.05, 3.63) is 29.8 Å². The van der Waals surface area contributed by atoms with Crippen LogP contribution in [0.15, 0.2) is 24.3 Å². The third kappa shape index (κ3) is 5.52. The van der Waals surface area contributed by atoms with Crippen LogP contribution < -0.4 is 10.1 Å². The summed E-state index contributed by atoms with van der Waals surface area (Å²) in [5.74, 6) is 0.903. The zero-order valence-corrected chi connectivity index (χ0v) is 11.7. The molecule has 0 aromatic heterocycles. The highest BCUT2D eigenvalue weighted by Crippen LogP contribution is 2.18. The summed E-state index contributed by atoms with van der Waals surface area (Å²) in [6.45, 7) is 6.84.